The molecule has 17 heteroatoms. The second-order valence-electron chi connectivity index (χ2n) is 9.52. The number of halogens is 11. The summed E-state index contributed by atoms with van der Waals surface area (Å²) in [5.41, 5.74) is -3.29. The lowest BCUT2D eigenvalue weighted by Gasteiger charge is -2.14. The Bertz CT molecular complexity index is 1650. The van der Waals surface area contributed by atoms with Gasteiger partial charge in [-0.15, -0.1) is 23.2 Å². The predicted octanol–water partition coefficient (Wildman–Crippen LogP) is 8.31. The van der Waals surface area contributed by atoms with E-state index in [1.807, 2.05) is 5.32 Å². The lowest BCUT2D eigenvalue weighted by Crippen LogP contribution is -2.23. The third-order valence-electron chi connectivity index (χ3n) is 6.35. The van der Waals surface area contributed by atoms with E-state index in [1.54, 1.807) is 0 Å². The summed E-state index contributed by atoms with van der Waals surface area (Å²) in [6, 6.07) is 8.94. The van der Waals surface area contributed by atoms with Gasteiger partial charge in [-0.1, -0.05) is 29.8 Å². The van der Waals surface area contributed by atoms with Crippen LogP contribution in [0.4, 0.5) is 52.2 Å². The minimum absolute atomic E-state index is 0.0527. The first-order chi connectivity index (χ1) is 20.3. The number of carbonyl (C=O) groups excluding carboxylic acids is 3. The summed E-state index contributed by atoms with van der Waals surface area (Å²) in [7, 11) is 0. The van der Waals surface area contributed by atoms with Gasteiger partial charge in [0.05, 0.1) is 27.8 Å². The highest BCUT2D eigenvalue weighted by Crippen LogP contribution is 2.65. The van der Waals surface area contributed by atoms with Crippen LogP contribution in [0.1, 0.15) is 33.8 Å². The van der Waals surface area contributed by atoms with Gasteiger partial charge in [-0.05, 0) is 42.0 Å². The molecule has 234 valence electrons. The van der Waals surface area contributed by atoms with E-state index < -0.39 is 81.2 Å². The van der Waals surface area contributed by atoms with Gasteiger partial charge in [-0.2, -0.15) is 26.3 Å². The molecule has 0 unspecified atom stereocenters. The number of carbonyl (C=O) groups is 3. The molecule has 1 fully saturated rings. The molecule has 0 saturated heterocycles. The molecule has 2 atom stereocenters. The van der Waals surface area contributed by atoms with Crippen LogP contribution < -0.4 is 16.0 Å². The second-order valence-corrected chi connectivity index (χ2v) is 11.4. The van der Waals surface area contributed by atoms with E-state index in [2.05, 4.69) is 5.32 Å². The van der Waals surface area contributed by atoms with Crippen molar-refractivity contribution in [3.05, 3.63) is 87.9 Å². The van der Waals surface area contributed by atoms with Gasteiger partial charge in [0.15, 0.2) is 5.82 Å². The minimum atomic E-state index is -4.95. The second kappa shape index (κ2) is 12.1. The van der Waals surface area contributed by atoms with Crippen molar-refractivity contribution in [2.75, 3.05) is 16.0 Å². The number of hydrogen-bond donors (Lipinski definition) is 3. The van der Waals surface area contributed by atoms with Gasteiger partial charge >= 0.3 is 12.4 Å². The van der Waals surface area contributed by atoms with Crippen LogP contribution in [0.2, 0.25) is 5.02 Å². The molecule has 3 aromatic rings. The zero-order chi connectivity index (χ0) is 32.8. The van der Waals surface area contributed by atoms with Crippen LogP contribution in [0, 0.1) is 17.6 Å². The van der Waals surface area contributed by atoms with Crippen LogP contribution in [0.15, 0.2) is 54.6 Å². The molecule has 1 saturated carbocycles. The number of benzene rings is 3. The maximum Gasteiger partial charge on any atom is 0.416 e. The zero-order valence-electron chi connectivity index (χ0n) is 21.4. The van der Waals surface area contributed by atoms with Gasteiger partial charge in [0.1, 0.15) is 22.3 Å². The van der Waals surface area contributed by atoms with Crippen molar-refractivity contribution in [1.29, 1.82) is 0 Å². The molecule has 4 rings (SSSR count). The topological polar surface area (TPSA) is 87.3 Å². The fourth-order valence-corrected chi connectivity index (χ4v) is 5.32. The Balaban J connectivity index is 1.50. The number of rotatable bonds is 7. The van der Waals surface area contributed by atoms with Crippen LogP contribution in [0.5, 0.6) is 0 Å². The zero-order valence-corrected chi connectivity index (χ0v) is 23.7. The minimum Gasteiger partial charge on any atom is -0.326 e. The Morgan fingerprint density at radius 3 is 2.18 bits per heavy atom. The van der Waals surface area contributed by atoms with Crippen molar-refractivity contribution in [3.63, 3.8) is 0 Å². The van der Waals surface area contributed by atoms with Crippen molar-refractivity contribution >= 4 is 69.6 Å². The summed E-state index contributed by atoms with van der Waals surface area (Å²) >= 11 is 18.5. The fourth-order valence-electron chi connectivity index (χ4n) is 4.29. The molecule has 1 aliphatic carbocycles. The molecule has 44 heavy (non-hydrogen) atoms. The molecule has 0 spiro atoms. The average Bonchev–Trinajstić information content (AvgIpc) is 3.49. The highest BCUT2D eigenvalue weighted by atomic mass is 35.5. The molecule has 0 aromatic heterocycles. The van der Waals surface area contributed by atoms with E-state index in [4.69, 9.17) is 34.8 Å². The molecule has 3 aromatic carbocycles. The van der Waals surface area contributed by atoms with Crippen LogP contribution in [0.25, 0.3) is 0 Å². The summed E-state index contributed by atoms with van der Waals surface area (Å²) in [4.78, 5) is 37.4. The van der Waals surface area contributed by atoms with Crippen LogP contribution >= 0.6 is 34.8 Å². The molecule has 0 radical (unpaired) electrons. The molecule has 1 aliphatic rings. The maximum atomic E-state index is 14.9. The molecule has 0 heterocycles. The van der Waals surface area contributed by atoms with Gasteiger partial charge < -0.3 is 16.0 Å². The lowest BCUT2D eigenvalue weighted by molar-refractivity contribution is -0.150. The van der Waals surface area contributed by atoms with Crippen molar-refractivity contribution in [2.45, 2.75) is 29.0 Å². The summed E-state index contributed by atoms with van der Waals surface area (Å²) < 4.78 is 104. The predicted molar refractivity (Wildman–Crippen MR) is 146 cm³/mol. The van der Waals surface area contributed by atoms with E-state index in [-0.39, 0.29) is 21.8 Å². The third-order valence-corrected chi connectivity index (χ3v) is 7.62. The number of anilines is 3. The number of alkyl halides is 8. The first kappa shape index (κ1) is 33.3. The molecule has 3 amide bonds. The standard InChI is InChI=1S/C27H16Cl3F8N3O3/c28-15-5-4-13(39-24(44)20-19(26(20,29)30)11-2-1-3-12(8-11)27(36,37)38)9-14(15)23(43)40-17-7-6-16(31)22(21(17)32)41-18(42)10-25(33,34)35/h1-9,19-20H,10H2,(H,39,44)(H,40,43)(H,41,42)/t19-,20+/m0/s1. The Morgan fingerprint density at radius 2 is 1.55 bits per heavy atom. The van der Waals surface area contributed by atoms with Crippen LogP contribution in [-0.4, -0.2) is 28.2 Å². The number of nitrogens with one attached hydrogen (secondary N) is 3. The number of amides is 3. The Kier molecular flexibility index (Phi) is 9.11. The average molecular weight is 689 g/mol. The van der Waals surface area contributed by atoms with E-state index in [0.29, 0.717) is 6.07 Å². The highest BCUT2D eigenvalue weighted by molar-refractivity contribution is 6.53. The Hall–Kier alpha value is -3.62. The Labute approximate surface area is 257 Å². The molecule has 6 nitrogen and oxygen atoms in total. The van der Waals surface area contributed by atoms with Crippen molar-refractivity contribution in [1.82, 2.24) is 0 Å². The van der Waals surface area contributed by atoms with Gasteiger partial charge in [-0.3, -0.25) is 14.4 Å². The van der Waals surface area contributed by atoms with Crippen LogP contribution in [0.3, 0.4) is 0 Å². The molecule has 0 bridgehead atoms. The summed E-state index contributed by atoms with van der Waals surface area (Å²) in [5.74, 6) is -8.89. The van der Waals surface area contributed by atoms with Crippen molar-refractivity contribution in [2.24, 2.45) is 5.92 Å². The maximum absolute atomic E-state index is 14.9. The van der Waals surface area contributed by atoms with Gasteiger partial charge in [0.2, 0.25) is 11.8 Å². The summed E-state index contributed by atoms with van der Waals surface area (Å²) in [6.45, 7) is 0. The SMILES string of the molecule is O=C(CC(F)(F)F)Nc1c(F)ccc(NC(=O)c2cc(NC(=O)[C@H]3[C@H](c4cccc(C(F)(F)F)c4)C3(Cl)Cl)ccc2Cl)c1F. The molecular formula is C27H16Cl3F8N3O3. The molecule has 3 N–H and O–H groups in total. The largest absolute Gasteiger partial charge is 0.416 e. The normalized spacial score (nSPS) is 17.5. The van der Waals surface area contributed by atoms with E-state index in [9.17, 15) is 49.5 Å². The van der Waals surface area contributed by atoms with E-state index >= 15 is 0 Å². The van der Waals surface area contributed by atoms with Gasteiger partial charge in [0.25, 0.3) is 5.91 Å². The van der Waals surface area contributed by atoms with Crippen LogP contribution in [-0.2, 0) is 15.8 Å². The van der Waals surface area contributed by atoms with Gasteiger partial charge in [-0.25, -0.2) is 8.78 Å². The highest BCUT2D eigenvalue weighted by Gasteiger charge is 2.67. The van der Waals surface area contributed by atoms with E-state index in [1.165, 1.54) is 23.5 Å². The van der Waals surface area contributed by atoms with Crippen molar-refractivity contribution in [3.8, 4) is 0 Å². The summed E-state index contributed by atoms with van der Waals surface area (Å²) in [5, 5.41) is 5.73. The quantitative estimate of drug-likeness (QED) is 0.172. The smallest absolute Gasteiger partial charge is 0.326 e. The van der Waals surface area contributed by atoms with Crippen molar-refractivity contribution < 1.29 is 49.5 Å². The van der Waals surface area contributed by atoms with Gasteiger partial charge in [0, 0.05) is 11.6 Å². The molecular weight excluding hydrogens is 673 g/mol. The Morgan fingerprint density at radius 1 is 0.864 bits per heavy atom. The third kappa shape index (κ3) is 7.36. The lowest BCUT2D eigenvalue weighted by atomic mass is 10.1. The number of hydrogen-bond acceptors (Lipinski definition) is 3. The first-order valence-electron chi connectivity index (χ1n) is 12.1. The molecule has 0 aliphatic heterocycles. The monoisotopic (exact) mass is 687 g/mol. The van der Waals surface area contributed by atoms with E-state index in [0.717, 1.165) is 30.3 Å². The summed E-state index contributed by atoms with van der Waals surface area (Å²) in [6.07, 6.45) is -11.6. The fraction of sp³-hybridized carbons (Fsp3) is 0.222. The first-order valence-corrected chi connectivity index (χ1v) is 13.2.